The first-order valence-electron chi connectivity index (χ1n) is 6.62. The van der Waals surface area contributed by atoms with Crippen LogP contribution in [0.3, 0.4) is 0 Å². The molecule has 0 spiro atoms. The monoisotopic (exact) mass is 312 g/mol. The summed E-state index contributed by atoms with van der Waals surface area (Å²) >= 11 is 12.1. The molecule has 1 aromatic heterocycles. The number of likely N-dealkylation sites (N-methyl/N-ethyl adjacent to an activating group) is 1. The van der Waals surface area contributed by atoms with E-state index in [1.165, 1.54) is 0 Å². The van der Waals surface area contributed by atoms with Crippen molar-refractivity contribution in [2.24, 2.45) is 0 Å². The number of aromatic nitrogens is 3. The average Bonchev–Trinajstić information content (AvgIpc) is 2.88. The number of halogens is 2. The molecule has 4 nitrogen and oxygen atoms in total. The Morgan fingerprint density at radius 1 is 1.30 bits per heavy atom. The topological polar surface area (TPSA) is 42.7 Å². The first-order valence-corrected chi connectivity index (χ1v) is 7.37. The number of benzene rings is 1. The molecule has 6 heteroatoms. The van der Waals surface area contributed by atoms with E-state index in [0.717, 1.165) is 30.8 Å². The SMILES string of the molecule is CCn1ncnc1CC(Cc1ccc(Cl)cc1Cl)NC. The van der Waals surface area contributed by atoms with Crippen molar-refractivity contribution in [2.75, 3.05) is 7.05 Å². The molecule has 1 atom stereocenters. The Bertz CT molecular complexity index is 568. The number of hydrogen-bond donors (Lipinski definition) is 1. The van der Waals surface area contributed by atoms with Gasteiger partial charge < -0.3 is 5.32 Å². The van der Waals surface area contributed by atoms with Crippen LogP contribution in [0.25, 0.3) is 0 Å². The standard InChI is InChI=1S/C14H18Cl2N4/c1-3-20-14(18-9-19-20)8-12(17-2)6-10-4-5-11(15)7-13(10)16/h4-5,7,9,12,17H,3,6,8H2,1-2H3. The van der Waals surface area contributed by atoms with E-state index in [1.807, 2.05) is 23.9 Å². The zero-order valence-electron chi connectivity index (χ0n) is 11.6. The van der Waals surface area contributed by atoms with Crippen LogP contribution in [0.5, 0.6) is 0 Å². The van der Waals surface area contributed by atoms with Gasteiger partial charge in [-0.3, -0.25) is 4.68 Å². The second-order valence-corrected chi connectivity index (χ2v) is 5.47. The highest BCUT2D eigenvalue weighted by Gasteiger charge is 2.14. The van der Waals surface area contributed by atoms with Crippen LogP contribution in [0.1, 0.15) is 18.3 Å². The molecule has 1 heterocycles. The van der Waals surface area contributed by atoms with Crippen molar-refractivity contribution >= 4 is 23.2 Å². The van der Waals surface area contributed by atoms with Crippen LogP contribution in [0.15, 0.2) is 24.5 Å². The van der Waals surface area contributed by atoms with Gasteiger partial charge >= 0.3 is 0 Å². The minimum absolute atomic E-state index is 0.253. The third-order valence-corrected chi connectivity index (χ3v) is 3.90. The smallest absolute Gasteiger partial charge is 0.138 e. The molecule has 0 aliphatic rings. The lowest BCUT2D eigenvalue weighted by Gasteiger charge is -2.17. The van der Waals surface area contributed by atoms with E-state index in [4.69, 9.17) is 23.2 Å². The second kappa shape index (κ2) is 7.07. The Balaban J connectivity index is 2.09. The average molecular weight is 313 g/mol. The van der Waals surface area contributed by atoms with E-state index in [-0.39, 0.29) is 6.04 Å². The largest absolute Gasteiger partial charge is 0.316 e. The fourth-order valence-electron chi connectivity index (χ4n) is 2.16. The van der Waals surface area contributed by atoms with Gasteiger partial charge in [0.1, 0.15) is 12.2 Å². The van der Waals surface area contributed by atoms with Crippen LogP contribution < -0.4 is 5.32 Å². The number of hydrogen-bond acceptors (Lipinski definition) is 3. The van der Waals surface area contributed by atoms with Gasteiger partial charge in [-0.1, -0.05) is 29.3 Å². The third kappa shape index (κ3) is 3.72. The van der Waals surface area contributed by atoms with Crippen molar-refractivity contribution < 1.29 is 0 Å². The Hall–Kier alpha value is -1.10. The highest BCUT2D eigenvalue weighted by atomic mass is 35.5. The van der Waals surface area contributed by atoms with E-state index in [9.17, 15) is 0 Å². The Kier molecular flexibility index (Phi) is 5.40. The highest BCUT2D eigenvalue weighted by Crippen LogP contribution is 2.22. The van der Waals surface area contributed by atoms with Crippen LogP contribution in [0, 0.1) is 0 Å². The maximum atomic E-state index is 6.23. The molecule has 0 radical (unpaired) electrons. The summed E-state index contributed by atoms with van der Waals surface area (Å²) in [6, 6.07) is 5.87. The van der Waals surface area contributed by atoms with Gasteiger partial charge in [-0.15, -0.1) is 0 Å². The van der Waals surface area contributed by atoms with Gasteiger partial charge in [-0.2, -0.15) is 5.10 Å². The molecular formula is C14H18Cl2N4. The van der Waals surface area contributed by atoms with Crippen molar-refractivity contribution in [2.45, 2.75) is 32.4 Å². The summed E-state index contributed by atoms with van der Waals surface area (Å²) in [6.45, 7) is 2.89. The number of aryl methyl sites for hydroxylation is 1. The maximum absolute atomic E-state index is 6.23. The first kappa shape index (κ1) is 15.3. The lowest BCUT2D eigenvalue weighted by molar-refractivity contribution is 0.513. The van der Waals surface area contributed by atoms with Gasteiger partial charge in [0.05, 0.1) is 0 Å². The predicted molar refractivity (Wildman–Crippen MR) is 82.4 cm³/mol. The molecule has 0 aliphatic carbocycles. The van der Waals surface area contributed by atoms with E-state index in [2.05, 4.69) is 22.3 Å². The molecule has 0 bridgehead atoms. The molecule has 1 N–H and O–H groups in total. The van der Waals surface area contributed by atoms with Gasteiger partial charge in [-0.25, -0.2) is 4.98 Å². The fourth-order valence-corrected chi connectivity index (χ4v) is 2.65. The van der Waals surface area contributed by atoms with Crippen molar-refractivity contribution in [3.63, 3.8) is 0 Å². The minimum Gasteiger partial charge on any atom is -0.316 e. The molecule has 1 unspecified atom stereocenters. The summed E-state index contributed by atoms with van der Waals surface area (Å²) in [6.07, 6.45) is 3.23. The van der Waals surface area contributed by atoms with E-state index >= 15 is 0 Å². The molecule has 0 fully saturated rings. The normalized spacial score (nSPS) is 12.6. The van der Waals surface area contributed by atoms with Gasteiger partial charge in [0.2, 0.25) is 0 Å². The van der Waals surface area contributed by atoms with Gasteiger partial charge in [0.25, 0.3) is 0 Å². The molecule has 0 amide bonds. The summed E-state index contributed by atoms with van der Waals surface area (Å²) in [5.41, 5.74) is 1.08. The summed E-state index contributed by atoms with van der Waals surface area (Å²) in [5, 5.41) is 8.86. The van der Waals surface area contributed by atoms with Crippen molar-refractivity contribution in [3.8, 4) is 0 Å². The molecule has 0 aliphatic heterocycles. The zero-order valence-corrected chi connectivity index (χ0v) is 13.1. The highest BCUT2D eigenvalue weighted by molar-refractivity contribution is 6.35. The van der Waals surface area contributed by atoms with E-state index < -0.39 is 0 Å². The lowest BCUT2D eigenvalue weighted by Crippen LogP contribution is -2.31. The van der Waals surface area contributed by atoms with Crippen LogP contribution in [0.2, 0.25) is 10.0 Å². The molecule has 20 heavy (non-hydrogen) atoms. The number of rotatable bonds is 6. The number of nitrogens with one attached hydrogen (secondary N) is 1. The Morgan fingerprint density at radius 3 is 2.75 bits per heavy atom. The third-order valence-electron chi connectivity index (χ3n) is 3.31. The molecular weight excluding hydrogens is 295 g/mol. The van der Waals surface area contributed by atoms with Gasteiger partial charge in [-0.05, 0) is 38.1 Å². The van der Waals surface area contributed by atoms with E-state index in [1.54, 1.807) is 12.4 Å². The summed E-state index contributed by atoms with van der Waals surface area (Å²) < 4.78 is 1.91. The fraction of sp³-hybridized carbons (Fsp3) is 0.429. The molecule has 0 saturated heterocycles. The molecule has 0 saturated carbocycles. The van der Waals surface area contributed by atoms with Crippen molar-refractivity contribution in [1.29, 1.82) is 0 Å². The van der Waals surface area contributed by atoms with E-state index in [0.29, 0.717) is 10.0 Å². The zero-order chi connectivity index (χ0) is 14.5. The molecule has 1 aromatic carbocycles. The van der Waals surface area contributed by atoms with Crippen LogP contribution in [0.4, 0.5) is 0 Å². The van der Waals surface area contributed by atoms with Crippen LogP contribution in [-0.4, -0.2) is 27.9 Å². The minimum atomic E-state index is 0.253. The van der Waals surface area contributed by atoms with Crippen LogP contribution in [-0.2, 0) is 19.4 Å². The quantitative estimate of drug-likeness (QED) is 0.891. The molecule has 2 rings (SSSR count). The second-order valence-electron chi connectivity index (χ2n) is 4.62. The molecule has 108 valence electrons. The van der Waals surface area contributed by atoms with Gasteiger partial charge in [0, 0.05) is 29.1 Å². The molecule has 2 aromatic rings. The maximum Gasteiger partial charge on any atom is 0.138 e. The summed E-state index contributed by atoms with van der Waals surface area (Å²) in [4.78, 5) is 4.31. The predicted octanol–water partition coefficient (Wildman–Crippen LogP) is 2.98. The summed E-state index contributed by atoms with van der Waals surface area (Å²) in [5.74, 6) is 0.983. The van der Waals surface area contributed by atoms with Crippen molar-refractivity contribution in [1.82, 2.24) is 20.1 Å². The Labute approximate surface area is 129 Å². The first-order chi connectivity index (χ1) is 9.63. The lowest BCUT2D eigenvalue weighted by atomic mass is 10.0. The number of nitrogens with zero attached hydrogens (tertiary/aromatic N) is 3. The summed E-state index contributed by atoms with van der Waals surface area (Å²) in [7, 11) is 1.95. The van der Waals surface area contributed by atoms with Gasteiger partial charge in [0.15, 0.2) is 0 Å². The van der Waals surface area contributed by atoms with Crippen LogP contribution >= 0.6 is 23.2 Å². The van der Waals surface area contributed by atoms with Crippen molar-refractivity contribution in [3.05, 3.63) is 46.0 Å². The Morgan fingerprint density at radius 2 is 2.10 bits per heavy atom.